The van der Waals surface area contributed by atoms with Gasteiger partial charge in [0.15, 0.2) is 17.4 Å². The van der Waals surface area contributed by atoms with Crippen molar-refractivity contribution >= 4 is 15.6 Å². The fourth-order valence-electron chi connectivity index (χ4n) is 1.41. The van der Waals surface area contributed by atoms with Crippen LogP contribution in [0.2, 0.25) is 0 Å². The van der Waals surface area contributed by atoms with Crippen LogP contribution in [0.1, 0.15) is 10.4 Å². The molecule has 0 spiro atoms. The molecule has 0 amide bonds. The number of carbonyl (C=O) groups excluding carboxylic acids is 1. The second-order valence-electron chi connectivity index (χ2n) is 4.42. The summed E-state index contributed by atoms with van der Waals surface area (Å²) in [6, 6.07) is 2.92. The Morgan fingerprint density at radius 3 is 2.42 bits per heavy atom. The van der Waals surface area contributed by atoms with E-state index >= 15 is 0 Å². The Morgan fingerprint density at radius 2 is 1.89 bits per heavy atom. The molecule has 7 heteroatoms. The first-order chi connectivity index (χ1) is 8.69. The number of rotatable bonds is 6. The molecule has 19 heavy (non-hydrogen) atoms. The van der Waals surface area contributed by atoms with Crippen LogP contribution in [0.4, 0.5) is 8.78 Å². The minimum atomic E-state index is -3.09. The summed E-state index contributed by atoms with van der Waals surface area (Å²) in [5.41, 5.74) is 0.0603. The van der Waals surface area contributed by atoms with Gasteiger partial charge in [0, 0.05) is 18.4 Å². The third-order valence-corrected chi connectivity index (χ3v) is 3.42. The minimum absolute atomic E-state index is 0.0550. The molecular weight excluding hydrogens is 276 g/mol. The number of ketones is 1. The summed E-state index contributed by atoms with van der Waals surface area (Å²) in [5.74, 6) is -2.55. The molecule has 0 saturated carbocycles. The molecule has 0 atom stereocenters. The van der Waals surface area contributed by atoms with Gasteiger partial charge in [-0.05, 0) is 25.2 Å². The van der Waals surface area contributed by atoms with Gasteiger partial charge in [-0.25, -0.2) is 17.2 Å². The first-order valence-electron chi connectivity index (χ1n) is 5.53. The molecule has 0 saturated heterocycles. The standard InChI is InChI=1S/C12H15F2NO3S/c1-15(5-6-19(2,17)18)8-12(16)9-3-4-10(13)11(14)7-9/h3-4,7H,5-6,8H2,1-2H3. The zero-order valence-electron chi connectivity index (χ0n) is 10.7. The average Bonchev–Trinajstić information content (AvgIpc) is 2.29. The number of benzene rings is 1. The molecule has 0 unspecified atom stereocenters. The summed E-state index contributed by atoms with van der Waals surface area (Å²) in [4.78, 5) is 13.3. The zero-order valence-corrected chi connectivity index (χ0v) is 11.5. The summed E-state index contributed by atoms with van der Waals surface area (Å²) < 4.78 is 47.6. The topological polar surface area (TPSA) is 54.5 Å². The molecule has 0 heterocycles. The van der Waals surface area contributed by atoms with Gasteiger partial charge in [-0.2, -0.15) is 0 Å². The second kappa shape index (κ2) is 6.21. The smallest absolute Gasteiger partial charge is 0.176 e. The van der Waals surface area contributed by atoms with Gasteiger partial charge >= 0.3 is 0 Å². The molecule has 0 aromatic heterocycles. The maximum Gasteiger partial charge on any atom is 0.176 e. The van der Waals surface area contributed by atoms with E-state index in [1.54, 1.807) is 7.05 Å². The van der Waals surface area contributed by atoms with Crippen molar-refractivity contribution in [2.24, 2.45) is 0 Å². The zero-order chi connectivity index (χ0) is 14.6. The van der Waals surface area contributed by atoms with Gasteiger partial charge in [0.2, 0.25) is 0 Å². The number of nitrogens with zero attached hydrogens (tertiary/aromatic N) is 1. The first kappa shape index (κ1) is 15.7. The van der Waals surface area contributed by atoms with Gasteiger partial charge < -0.3 is 0 Å². The average molecular weight is 291 g/mol. The number of likely N-dealkylation sites (N-methyl/N-ethyl adjacent to an activating group) is 1. The number of Topliss-reactive ketones (excluding diaryl/α,β-unsaturated/α-hetero) is 1. The lowest BCUT2D eigenvalue weighted by Gasteiger charge is -2.14. The number of carbonyl (C=O) groups is 1. The highest BCUT2D eigenvalue weighted by atomic mass is 32.2. The Balaban J connectivity index is 2.61. The molecule has 0 N–H and O–H groups in total. The minimum Gasteiger partial charge on any atom is -0.298 e. The van der Waals surface area contributed by atoms with E-state index in [9.17, 15) is 22.0 Å². The Bertz CT molecular complexity index is 572. The van der Waals surface area contributed by atoms with E-state index in [-0.39, 0.29) is 24.4 Å². The molecule has 0 aliphatic carbocycles. The molecule has 1 rings (SSSR count). The molecular formula is C12H15F2NO3S. The maximum atomic E-state index is 13.0. The summed E-state index contributed by atoms with van der Waals surface area (Å²) in [5, 5.41) is 0. The lowest BCUT2D eigenvalue weighted by molar-refractivity contribution is 0.0948. The summed E-state index contributed by atoms with van der Waals surface area (Å²) in [6.45, 7) is 0.148. The fourth-order valence-corrected chi connectivity index (χ4v) is 2.05. The SMILES string of the molecule is CN(CCS(C)(=O)=O)CC(=O)c1ccc(F)c(F)c1. The largest absolute Gasteiger partial charge is 0.298 e. The van der Waals surface area contributed by atoms with Crippen LogP contribution in [0, 0.1) is 11.6 Å². The third kappa shape index (κ3) is 5.44. The van der Waals surface area contributed by atoms with Crippen molar-refractivity contribution in [2.75, 3.05) is 32.1 Å². The Morgan fingerprint density at radius 1 is 1.26 bits per heavy atom. The first-order valence-corrected chi connectivity index (χ1v) is 7.59. The van der Waals surface area contributed by atoms with Gasteiger partial charge in [0.1, 0.15) is 9.84 Å². The highest BCUT2D eigenvalue weighted by Gasteiger charge is 2.13. The number of halogens is 2. The predicted molar refractivity (Wildman–Crippen MR) is 67.9 cm³/mol. The predicted octanol–water partition coefficient (Wildman–Crippen LogP) is 1.12. The van der Waals surface area contributed by atoms with E-state index in [4.69, 9.17) is 0 Å². The lowest BCUT2D eigenvalue weighted by Crippen LogP contribution is -2.30. The molecule has 1 aromatic rings. The quantitative estimate of drug-likeness (QED) is 0.737. The third-order valence-electron chi connectivity index (χ3n) is 2.50. The van der Waals surface area contributed by atoms with E-state index in [1.807, 2.05) is 0 Å². The van der Waals surface area contributed by atoms with Crippen molar-refractivity contribution in [3.63, 3.8) is 0 Å². The van der Waals surface area contributed by atoms with Gasteiger partial charge in [-0.15, -0.1) is 0 Å². The van der Waals surface area contributed by atoms with Gasteiger partial charge in [-0.3, -0.25) is 9.69 Å². The molecule has 0 bridgehead atoms. The molecule has 0 fully saturated rings. The van der Waals surface area contributed by atoms with Gasteiger partial charge in [0.25, 0.3) is 0 Å². The van der Waals surface area contributed by atoms with Crippen LogP contribution in [-0.4, -0.2) is 51.2 Å². The normalized spacial score (nSPS) is 11.8. The van der Waals surface area contributed by atoms with Crippen molar-refractivity contribution in [3.8, 4) is 0 Å². The van der Waals surface area contributed by atoms with Crippen LogP contribution in [0.15, 0.2) is 18.2 Å². The summed E-state index contributed by atoms with van der Waals surface area (Å²) in [6.07, 6.45) is 1.11. The second-order valence-corrected chi connectivity index (χ2v) is 6.68. The molecule has 4 nitrogen and oxygen atoms in total. The van der Waals surface area contributed by atoms with E-state index in [0.29, 0.717) is 0 Å². The van der Waals surface area contributed by atoms with Crippen molar-refractivity contribution in [2.45, 2.75) is 0 Å². The van der Waals surface area contributed by atoms with E-state index in [2.05, 4.69) is 0 Å². The van der Waals surface area contributed by atoms with Crippen LogP contribution in [0.3, 0.4) is 0 Å². The van der Waals surface area contributed by atoms with E-state index < -0.39 is 27.3 Å². The number of hydrogen-bond donors (Lipinski definition) is 0. The van der Waals surface area contributed by atoms with Crippen LogP contribution >= 0.6 is 0 Å². The molecule has 0 radical (unpaired) electrons. The highest BCUT2D eigenvalue weighted by Crippen LogP contribution is 2.09. The van der Waals surface area contributed by atoms with Gasteiger partial charge in [-0.1, -0.05) is 0 Å². The van der Waals surface area contributed by atoms with E-state index in [0.717, 1.165) is 18.4 Å². The van der Waals surface area contributed by atoms with Crippen LogP contribution in [-0.2, 0) is 9.84 Å². The molecule has 0 aliphatic heterocycles. The Hall–Kier alpha value is -1.34. The summed E-state index contributed by atoms with van der Waals surface area (Å²) >= 11 is 0. The number of hydrogen-bond acceptors (Lipinski definition) is 4. The maximum absolute atomic E-state index is 13.0. The van der Waals surface area contributed by atoms with Crippen LogP contribution in [0.25, 0.3) is 0 Å². The van der Waals surface area contributed by atoms with Crippen molar-refractivity contribution in [1.82, 2.24) is 4.90 Å². The van der Waals surface area contributed by atoms with Crippen molar-refractivity contribution in [1.29, 1.82) is 0 Å². The fraction of sp³-hybridized carbons (Fsp3) is 0.417. The molecule has 106 valence electrons. The lowest BCUT2D eigenvalue weighted by atomic mass is 10.1. The number of sulfone groups is 1. The van der Waals surface area contributed by atoms with Crippen LogP contribution in [0.5, 0.6) is 0 Å². The van der Waals surface area contributed by atoms with E-state index in [1.165, 1.54) is 11.0 Å². The van der Waals surface area contributed by atoms with Crippen LogP contribution < -0.4 is 0 Å². The molecule has 1 aromatic carbocycles. The van der Waals surface area contributed by atoms with Crippen molar-refractivity contribution < 1.29 is 22.0 Å². The molecule has 0 aliphatic rings. The summed E-state index contributed by atoms with van der Waals surface area (Å²) in [7, 11) is -1.51. The van der Waals surface area contributed by atoms with Gasteiger partial charge in [0.05, 0.1) is 12.3 Å². The highest BCUT2D eigenvalue weighted by molar-refractivity contribution is 7.90. The van der Waals surface area contributed by atoms with Crippen molar-refractivity contribution in [3.05, 3.63) is 35.4 Å². The Kier molecular flexibility index (Phi) is 5.13. The Labute approximate surface area is 110 Å². The monoisotopic (exact) mass is 291 g/mol.